The molecular weight excluding hydrogens is 355 g/mol. The van der Waals surface area contributed by atoms with Gasteiger partial charge in [0.25, 0.3) is 0 Å². The van der Waals surface area contributed by atoms with Crippen LogP contribution < -0.4 is 9.64 Å². The number of rotatable bonds is 9. The van der Waals surface area contributed by atoms with Crippen LogP contribution in [0.15, 0.2) is 30.5 Å². The lowest BCUT2D eigenvalue weighted by Gasteiger charge is -2.21. The third kappa shape index (κ3) is 5.58. The molecule has 0 spiro atoms. The van der Waals surface area contributed by atoms with E-state index in [2.05, 4.69) is 16.9 Å². The molecule has 1 aromatic carbocycles. The lowest BCUT2D eigenvalue weighted by molar-refractivity contribution is -0.139. The Bertz CT molecular complexity index is 735. The summed E-state index contributed by atoms with van der Waals surface area (Å²) in [4.78, 5) is 9.69. The standard InChI is InChI=1S/C20H26F3N3O/c1-4-6-7-10-13-27-18-16(20(21,22)23)14-24-19(25-18)26(3)17-12-9-8-11-15(17)5-2/h8-9,11-12,14H,4-7,10,13H2,1-3H3. The maximum Gasteiger partial charge on any atom is 0.423 e. The summed E-state index contributed by atoms with van der Waals surface area (Å²) >= 11 is 0. The van der Waals surface area contributed by atoms with Crippen LogP contribution >= 0.6 is 0 Å². The second-order valence-corrected chi connectivity index (χ2v) is 6.34. The van der Waals surface area contributed by atoms with Crippen molar-refractivity contribution >= 4 is 11.6 Å². The summed E-state index contributed by atoms with van der Waals surface area (Å²) in [7, 11) is 1.74. The van der Waals surface area contributed by atoms with Crippen molar-refractivity contribution in [2.24, 2.45) is 0 Å². The Morgan fingerprint density at radius 2 is 1.81 bits per heavy atom. The van der Waals surface area contributed by atoms with Crippen LogP contribution in [0.3, 0.4) is 0 Å². The maximum absolute atomic E-state index is 13.3. The van der Waals surface area contributed by atoms with E-state index in [-0.39, 0.29) is 12.6 Å². The van der Waals surface area contributed by atoms with Gasteiger partial charge in [-0.15, -0.1) is 0 Å². The van der Waals surface area contributed by atoms with Gasteiger partial charge in [-0.05, 0) is 24.5 Å². The summed E-state index contributed by atoms with van der Waals surface area (Å²) in [5.41, 5.74) is 0.970. The van der Waals surface area contributed by atoms with E-state index in [0.29, 0.717) is 6.42 Å². The molecule has 27 heavy (non-hydrogen) atoms. The molecule has 0 aliphatic rings. The number of aromatic nitrogens is 2. The first kappa shape index (κ1) is 21.0. The van der Waals surface area contributed by atoms with Crippen molar-refractivity contribution in [1.82, 2.24) is 9.97 Å². The lowest BCUT2D eigenvalue weighted by Crippen LogP contribution is -2.18. The Labute approximate surface area is 158 Å². The van der Waals surface area contributed by atoms with E-state index >= 15 is 0 Å². The van der Waals surface area contributed by atoms with Crippen molar-refractivity contribution in [3.8, 4) is 5.88 Å². The Balaban J connectivity index is 2.28. The van der Waals surface area contributed by atoms with E-state index in [1.165, 1.54) is 0 Å². The van der Waals surface area contributed by atoms with E-state index in [1.54, 1.807) is 11.9 Å². The number of alkyl halides is 3. The second-order valence-electron chi connectivity index (χ2n) is 6.34. The smallest absolute Gasteiger partial charge is 0.423 e. The van der Waals surface area contributed by atoms with Crippen molar-refractivity contribution in [2.75, 3.05) is 18.6 Å². The minimum absolute atomic E-state index is 0.174. The van der Waals surface area contributed by atoms with E-state index in [4.69, 9.17) is 4.74 Å². The number of benzene rings is 1. The number of nitrogens with zero attached hydrogens (tertiary/aromatic N) is 3. The van der Waals surface area contributed by atoms with E-state index in [0.717, 1.165) is 43.1 Å². The highest BCUT2D eigenvalue weighted by atomic mass is 19.4. The SMILES string of the molecule is CCCCCCOc1nc(N(C)c2ccccc2CC)ncc1C(F)(F)F. The minimum atomic E-state index is -4.56. The molecule has 0 aliphatic heterocycles. The van der Waals surface area contributed by atoms with Crippen molar-refractivity contribution in [1.29, 1.82) is 0 Å². The molecular formula is C20H26F3N3O. The summed E-state index contributed by atoms with van der Waals surface area (Å²) in [6.07, 6.45) is 0.723. The molecule has 0 aliphatic carbocycles. The Morgan fingerprint density at radius 1 is 1.07 bits per heavy atom. The fourth-order valence-electron chi connectivity index (χ4n) is 2.77. The van der Waals surface area contributed by atoms with Crippen LogP contribution in [0, 0.1) is 0 Å². The van der Waals surface area contributed by atoms with Crippen molar-refractivity contribution in [2.45, 2.75) is 52.1 Å². The molecule has 0 atom stereocenters. The summed E-state index contributed by atoms with van der Waals surface area (Å²) in [6, 6.07) is 7.67. The molecule has 7 heteroatoms. The molecule has 0 unspecified atom stereocenters. The number of anilines is 2. The fourth-order valence-corrected chi connectivity index (χ4v) is 2.77. The van der Waals surface area contributed by atoms with Crippen LogP contribution in [0.4, 0.5) is 24.8 Å². The van der Waals surface area contributed by atoms with E-state index in [1.807, 2.05) is 31.2 Å². The number of ether oxygens (including phenoxy) is 1. The maximum atomic E-state index is 13.3. The van der Waals surface area contributed by atoms with Gasteiger partial charge in [-0.2, -0.15) is 18.2 Å². The molecule has 0 bridgehead atoms. The molecule has 2 aromatic rings. The molecule has 4 nitrogen and oxygen atoms in total. The van der Waals surface area contributed by atoms with Gasteiger partial charge in [0.2, 0.25) is 11.8 Å². The van der Waals surface area contributed by atoms with Crippen molar-refractivity contribution in [3.63, 3.8) is 0 Å². The highest BCUT2D eigenvalue weighted by Crippen LogP contribution is 2.36. The molecule has 1 heterocycles. The van der Waals surface area contributed by atoms with Gasteiger partial charge in [0.05, 0.1) is 6.61 Å². The van der Waals surface area contributed by atoms with Gasteiger partial charge in [0, 0.05) is 18.9 Å². The quantitative estimate of drug-likeness (QED) is 0.516. The molecule has 0 saturated carbocycles. The molecule has 2 rings (SSSR count). The molecule has 148 valence electrons. The summed E-state index contributed by atoms with van der Waals surface area (Å²) < 4.78 is 45.2. The number of unbranched alkanes of at least 4 members (excludes halogenated alkanes) is 3. The van der Waals surface area contributed by atoms with Crippen LogP contribution in [0.2, 0.25) is 0 Å². The van der Waals surface area contributed by atoms with Gasteiger partial charge < -0.3 is 9.64 Å². The Morgan fingerprint density at radius 3 is 2.48 bits per heavy atom. The summed E-state index contributed by atoms with van der Waals surface area (Å²) in [6.45, 7) is 4.29. The highest BCUT2D eigenvalue weighted by molar-refractivity contribution is 5.61. The third-order valence-electron chi connectivity index (χ3n) is 4.32. The zero-order valence-electron chi connectivity index (χ0n) is 16.0. The topological polar surface area (TPSA) is 38.2 Å². The lowest BCUT2D eigenvalue weighted by atomic mass is 10.1. The highest BCUT2D eigenvalue weighted by Gasteiger charge is 2.36. The van der Waals surface area contributed by atoms with Gasteiger partial charge in [-0.3, -0.25) is 0 Å². The predicted octanol–water partition coefficient (Wildman–Crippen LogP) is 5.78. The zero-order valence-corrected chi connectivity index (χ0v) is 16.0. The van der Waals surface area contributed by atoms with Crippen molar-refractivity contribution in [3.05, 3.63) is 41.6 Å². The molecule has 0 radical (unpaired) electrons. The number of para-hydroxylation sites is 1. The fraction of sp³-hybridized carbons (Fsp3) is 0.500. The molecule has 1 aromatic heterocycles. The molecule has 0 fully saturated rings. The van der Waals surface area contributed by atoms with Crippen LogP contribution in [0.1, 0.15) is 50.7 Å². The third-order valence-corrected chi connectivity index (χ3v) is 4.32. The number of aryl methyl sites for hydroxylation is 1. The monoisotopic (exact) mass is 381 g/mol. The largest absolute Gasteiger partial charge is 0.477 e. The van der Waals surface area contributed by atoms with E-state index in [9.17, 15) is 13.2 Å². The van der Waals surface area contributed by atoms with Crippen LogP contribution in [-0.4, -0.2) is 23.6 Å². The molecule has 0 amide bonds. The minimum Gasteiger partial charge on any atom is -0.477 e. The van der Waals surface area contributed by atoms with E-state index < -0.39 is 17.6 Å². The van der Waals surface area contributed by atoms with Gasteiger partial charge >= 0.3 is 6.18 Å². The van der Waals surface area contributed by atoms with Crippen LogP contribution in [0.5, 0.6) is 5.88 Å². The molecule has 0 saturated heterocycles. The number of hydrogen-bond acceptors (Lipinski definition) is 4. The van der Waals surface area contributed by atoms with Gasteiger partial charge in [-0.25, -0.2) is 4.98 Å². The number of hydrogen-bond donors (Lipinski definition) is 0. The molecule has 0 N–H and O–H groups in total. The average Bonchev–Trinajstić information content (AvgIpc) is 2.66. The predicted molar refractivity (Wildman–Crippen MR) is 101 cm³/mol. The van der Waals surface area contributed by atoms with Gasteiger partial charge in [-0.1, -0.05) is 51.3 Å². The first-order valence-electron chi connectivity index (χ1n) is 9.27. The summed E-state index contributed by atoms with van der Waals surface area (Å²) in [5, 5.41) is 0. The second kappa shape index (κ2) is 9.58. The first-order valence-corrected chi connectivity index (χ1v) is 9.27. The summed E-state index contributed by atoms with van der Waals surface area (Å²) in [5.74, 6) is -0.239. The van der Waals surface area contributed by atoms with Crippen LogP contribution in [0.25, 0.3) is 0 Å². The Hall–Kier alpha value is -2.31. The Kier molecular flexibility index (Phi) is 7.45. The average molecular weight is 381 g/mol. The number of halogens is 3. The zero-order chi connectivity index (χ0) is 19.9. The van der Waals surface area contributed by atoms with Gasteiger partial charge in [0.1, 0.15) is 5.56 Å². The first-order chi connectivity index (χ1) is 12.9. The van der Waals surface area contributed by atoms with Gasteiger partial charge in [0.15, 0.2) is 0 Å². The van der Waals surface area contributed by atoms with Crippen molar-refractivity contribution < 1.29 is 17.9 Å². The normalized spacial score (nSPS) is 11.5. The van der Waals surface area contributed by atoms with Crippen LogP contribution in [-0.2, 0) is 12.6 Å².